The summed E-state index contributed by atoms with van der Waals surface area (Å²) in [4.78, 5) is 37.7. The quantitative estimate of drug-likeness (QED) is 0.241. The zero-order chi connectivity index (χ0) is 31.7. The van der Waals surface area contributed by atoms with E-state index >= 15 is 0 Å². The molecule has 2 amide bonds. The monoisotopic (exact) mass is 615 g/mol. The minimum absolute atomic E-state index is 0.0811. The Morgan fingerprint density at radius 3 is 2.32 bits per heavy atom. The van der Waals surface area contributed by atoms with E-state index in [1.807, 2.05) is 12.4 Å². The Morgan fingerprint density at radius 1 is 1.05 bits per heavy atom. The van der Waals surface area contributed by atoms with Gasteiger partial charge in [-0.25, -0.2) is 18.7 Å². The fraction of sp³-hybridized carbons (Fsp3) is 0.636. The van der Waals surface area contributed by atoms with E-state index in [0.717, 1.165) is 87.1 Å². The molecule has 1 aromatic carbocycles. The van der Waals surface area contributed by atoms with Gasteiger partial charge in [0, 0.05) is 69.2 Å². The van der Waals surface area contributed by atoms with Crippen LogP contribution < -0.4 is 15.0 Å². The van der Waals surface area contributed by atoms with Gasteiger partial charge in [0.1, 0.15) is 17.4 Å². The van der Waals surface area contributed by atoms with Crippen molar-refractivity contribution in [3.05, 3.63) is 47.3 Å². The lowest BCUT2D eigenvalue weighted by Gasteiger charge is -2.38. The van der Waals surface area contributed by atoms with Crippen LogP contribution in [0.5, 0.6) is 5.75 Å². The predicted octanol–water partition coefficient (Wildman–Crippen LogP) is 4.00. The highest BCUT2D eigenvalue weighted by Gasteiger charge is 2.36. The lowest BCUT2D eigenvalue weighted by Crippen LogP contribution is -2.56. The largest absolute Gasteiger partial charge is 0.493 e. The Morgan fingerprint density at radius 2 is 1.70 bits per heavy atom. The maximum absolute atomic E-state index is 14.8. The molecule has 242 valence electrons. The molecule has 0 radical (unpaired) electrons. The van der Waals surface area contributed by atoms with Crippen LogP contribution >= 0.6 is 0 Å². The van der Waals surface area contributed by atoms with Crippen LogP contribution in [0, 0.1) is 23.5 Å². The Labute approximate surface area is 260 Å². The molecule has 0 saturated carbocycles. The number of nitrogens with one attached hydrogen (secondary N) is 1. The molecule has 1 N–H and O–H groups in total. The average Bonchev–Trinajstić information content (AvgIpc) is 2.95. The second kappa shape index (κ2) is 15.6. The van der Waals surface area contributed by atoms with Crippen molar-refractivity contribution in [2.24, 2.45) is 11.8 Å². The molecule has 2 aromatic rings. The van der Waals surface area contributed by atoms with Crippen molar-refractivity contribution in [3.63, 3.8) is 0 Å². The summed E-state index contributed by atoms with van der Waals surface area (Å²) in [7, 11) is 6.29. The molecule has 4 rings (SSSR count). The summed E-state index contributed by atoms with van der Waals surface area (Å²) in [6, 6.07) is 2.30. The highest BCUT2D eigenvalue weighted by atomic mass is 19.1. The number of amides is 2. The summed E-state index contributed by atoms with van der Waals surface area (Å²) in [6.45, 7) is 6.41. The lowest BCUT2D eigenvalue weighted by molar-refractivity contribution is -0.870. The van der Waals surface area contributed by atoms with Crippen LogP contribution in [0.3, 0.4) is 0 Å². The SMILES string of the molecule is CCCc1cnc(N2CCC(CCCOc3cc(F)c(CC(=O)N4CC(C(=O)NCCC[N+](C)(C)C)C4)c(F)c3)CC2)nc1. The fourth-order valence-corrected chi connectivity index (χ4v) is 5.77. The third-order valence-corrected chi connectivity index (χ3v) is 8.51. The van der Waals surface area contributed by atoms with Gasteiger partial charge in [0.25, 0.3) is 0 Å². The highest BCUT2D eigenvalue weighted by Crippen LogP contribution is 2.26. The van der Waals surface area contributed by atoms with Crippen molar-refractivity contribution in [1.29, 1.82) is 0 Å². The molecule has 1 aromatic heterocycles. The Balaban J connectivity index is 1.13. The standard InChI is InChI=1S/C33H48F2N6O3/c1-5-8-25-20-37-33(38-21-25)39-13-10-24(11-14-39)9-6-16-44-27-17-29(34)28(30(35)18-27)19-31(42)40-22-26(23-40)32(43)36-12-7-15-41(2,3)4/h17-18,20-21,24,26H,5-16,19,22-23H2,1-4H3/p+1. The molecule has 44 heavy (non-hydrogen) atoms. The van der Waals surface area contributed by atoms with Crippen molar-refractivity contribution in [2.75, 3.05) is 71.9 Å². The van der Waals surface area contributed by atoms with Gasteiger partial charge in [-0.2, -0.15) is 0 Å². The lowest BCUT2D eigenvalue weighted by atomic mass is 9.92. The number of ether oxygens (including phenoxy) is 1. The predicted molar refractivity (Wildman–Crippen MR) is 166 cm³/mol. The van der Waals surface area contributed by atoms with E-state index in [4.69, 9.17) is 4.74 Å². The number of likely N-dealkylation sites (tertiary alicyclic amines) is 1. The summed E-state index contributed by atoms with van der Waals surface area (Å²) >= 11 is 0. The van der Waals surface area contributed by atoms with Crippen LogP contribution in [-0.4, -0.2) is 98.2 Å². The molecule has 0 bridgehead atoms. The van der Waals surface area contributed by atoms with Crippen molar-refractivity contribution in [3.8, 4) is 5.75 Å². The van der Waals surface area contributed by atoms with Crippen LogP contribution in [0.4, 0.5) is 14.7 Å². The van der Waals surface area contributed by atoms with Gasteiger partial charge in [-0.1, -0.05) is 13.3 Å². The number of quaternary nitrogens is 1. The van der Waals surface area contributed by atoms with Crippen molar-refractivity contribution in [2.45, 2.75) is 58.3 Å². The third-order valence-electron chi connectivity index (χ3n) is 8.51. The normalized spacial score (nSPS) is 16.1. The van der Waals surface area contributed by atoms with Gasteiger partial charge in [-0.3, -0.25) is 9.59 Å². The van der Waals surface area contributed by atoms with Crippen molar-refractivity contribution >= 4 is 17.8 Å². The molecule has 0 atom stereocenters. The first kappa shape index (κ1) is 33.6. The molecule has 9 nitrogen and oxygen atoms in total. The number of carbonyl (C=O) groups excluding carboxylic acids is 2. The van der Waals surface area contributed by atoms with E-state index < -0.39 is 17.5 Å². The van der Waals surface area contributed by atoms with Crippen LogP contribution in [-0.2, 0) is 22.4 Å². The molecular weight excluding hydrogens is 566 g/mol. The van der Waals surface area contributed by atoms with Gasteiger partial charge in [-0.05, 0) is 43.6 Å². The van der Waals surface area contributed by atoms with Crippen molar-refractivity contribution < 1.29 is 27.6 Å². The molecule has 2 aliphatic rings. The van der Waals surface area contributed by atoms with E-state index in [1.165, 1.54) is 10.5 Å². The zero-order valence-corrected chi connectivity index (χ0v) is 26.8. The number of hydrogen-bond donors (Lipinski definition) is 1. The second-order valence-electron chi connectivity index (χ2n) is 13.3. The van der Waals surface area contributed by atoms with Gasteiger partial charge < -0.3 is 24.3 Å². The number of rotatable bonds is 15. The summed E-state index contributed by atoms with van der Waals surface area (Å²) in [5.74, 6) is -0.858. The van der Waals surface area contributed by atoms with Crippen LogP contribution in [0.2, 0.25) is 0 Å². The molecule has 0 unspecified atom stereocenters. The van der Waals surface area contributed by atoms with Crippen molar-refractivity contribution in [1.82, 2.24) is 20.2 Å². The third kappa shape index (κ3) is 9.84. The van der Waals surface area contributed by atoms with Crippen LogP contribution in [0.25, 0.3) is 0 Å². The number of nitrogens with zero attached hydrogens (tertiary/aromatic N) is 5. The molecule has 11 heteroatoms. The Hall–Kier alpha value is -3.34. The minimum atomic E-state index is -0.794. The summed E-state index contributed by atoms with van der Waals surface area (Å²) in [6.07, 6.45) is 10.3. The Kier molecular flexibility index (Phi) is 11.9. The van der Waals surface area contributed by atoms with E-state index in [2.05, 4.69) is 48.3 Å². The second-order valence-corrected chi connectivity index (χ2v) is 13.3. The fourth-order valence-electron chi connectivity index (χ4n) is 5.77. The van der Waals surface area contributed by atoms with E-state index in [9.17, 15) is 18.4 Å². The molecule has 0 spiro atoms. The molecule has 2 saturated heterocycles. The number of hydrogen-bond acceptors (Lipinski definition) is 6. The van der Waals surface area contributed by atoms with Gasteiger partial charge in [0.15, 0.2) is 0 Å². The number of aromatic nitrogens is 2. The first-order valence-electron chi connectivity index (χ1n) is 16.0. The highest BCUT2D eigenvalue weighted by molar-refractivity contribution is 5.85. The molecule has 2 aliphatic heterocycles. The summed E-state index contributed by atoms with van der Waals surface area (Å²) in [5.41, 5.74) is 0.893. The summed E-state index contributed by atoms with van der Waals surface area (Å²) in [5, 5.41) is 2.92. The number of halogens is 2. The van der Waals surface area contributed by atoms with Gasteiger partial charge in [-0.15, -0.1) is 0 Å². The topological polar surface area (TPSA) is 87.7 Å². The maximum atomic E-state index is 14.8. The molecule has 3 heterocycles. The number of carbonyl (C=O) groups is 2. The number of piperidine rings is 1. The Bertz CT molecular complexity index is 1220. The van der Waals surface area contributed by atoms with E-state index in [0.29, 0.717) is 19.1 Å². The zero-order valence-electron chi connectivity index (χ0n) is 26.8. The van der Waals surface area contributed by atoms with Gasteiger partial charge in [0.05, 0.1) is 46.6 Å². The van der Waals surface area contributed by atoms with E-state index in [-0.39, 0.29) is 42.6 Å². The molecule has 2 fully saturated rings. The molecule has 0 aliphatic carbocycles. The van der Waals surface area contributed by atoms with Crippen LogP contribution in [0.15, 0.2) is 24.5 Å². The summed E-state index contributed by atoms with van der Waals surface area (Å²) < 4.78 is 36.1. The van der Waals surface area contributed by atoms with Gasteiger partial charge >= 0.3 is 0 Å². The minimum Gasteiger partial charge on any atom is -0.493 e. The number of benzene rings is 1. The van der Waals surface area contributed by atoms with Gasteiger partial charge in [0.2, 0.25) is 17.8 Å². The first-order valence-corrected chi connectivity index (χ1v) is 16.0. The van der Waals surface area contributed by atoms with Crippen LogP contribution in [0.1, 0.15) is 56.6 Å². The number of anilines is 1. The van der Waals surface area contributed by atoms with E-state index in [1.54, 1.807) is 0 Å². The maximum Gasteiger partial charge on any atom is 0.227 e. The first-order chi connectivity index (χ1) is 21.0. The molecular formula is C33H49F2N6O3+. The smallest absolute Gasteiger partial charge is 0.227 e. The number of aryl methyl sites for hydroxylation is 1. The average molecular weight is 616 g/mol.